The first kappa shape index (κ1) is 9.58. The molecule has 0 spiro atoms. The number of aromatic nitrogens is 1. The molecule has 0 aliphatic rings. The van der Waals surface area contributed by atoms with Gasteiger partial charge >= 0.3 is 0 Å². The highest BCUT2D eigenvalue weighted by Gasteiger charge is 2.02. The monoisotopic (exact) mass is 204 g/mol. The number of rotatable bonds is 3. The van der Waals surface area contributed by atoms with Gasteiger partial charge in [0.1, 0.15) is 11.5 Å². The zero-order chi connectivity index (χ0) is 10.7. The maximum Gasteiger partial charge on any atom is 0.169 e. The van der Waals surface area contributed by atoms with E-state index in [-0.39, 0.29) is 5.75 Å². The Bertz CT molecular complexity index is 451. The fourth-order valence-corrected chi connectivity index (χ4v) is 1.30. The van der Waals surface area contributed by atoms with Gasteiger partial charge in [0, 0.05) is 18.2 Å². The Kier molecular flexibility index (Phi) is 2.58. The Balaban J connectivity index is 2.02. The van der Waals surface area contributed by atoms with Crippen LogP contribution in [0.5, 0.6) is 5.75 Å². The van der Waals surface area contributed by atoms with Crippen LogP contribution in [-0.4, -0.2) is 10.3 Å². The Morgan fingerprint density at radius 3 is 2.87 bits per heavy atom. The molecule has 0 saturated heterocycles. The summed E-state index contributed by atoms with van der Waals surface area (Å²) < 4.78 is 4.91. The van der Waals surface area contributed by atoms with Crippen molar-refractivity contribution in [1.82, 2.24) is 5.16 Å². The van der Waals surface area contributed by atoms with Crippen LogP contribution in [-0.2, 0) is 6.54 Å². The Labute approximate surface area is 87.5 Å². The van der Waals surface area contributed by atoms with Crippen molar-refractivity contribution in [3.63, 3.8) is 0 Å². The molecule has 0 amide bonds. The van der Waals surface area contributed by atoms with Gasteiger partial charge in [0.25, 0.3) is 0 Å². The van der Waals surface area contributed by atoms with Gasteiger partial charge in [0.15, 0.2) is 5.82 Å². The van der Waals surface area contributed by atoms with Crippen LogP contribution in [0.15, 0.2) is 34.9 Å². The van der Waals surface area contributed by atoms with Crippen molar-refractivity contribution in [2.45, 2.75) is 13.5 Å². The molecule has 0 saturated carbocycles. The van der Waals surface area contributed by atoms with E-state index in [9.17, 15) is 5.11 Å². The average molecular weight is 204 g/mol. The highest BCUT2D eigenvalue weighted by Crippen LogP contribution is 2.17. The maximum atomic E-state index is 9.51. The van der Waals surface area contributed by atoms with Crippen LogP contribution in [0.2, 0.25) is 0 Å². The number of benzene rings is 1. The lowest BCUT2D eigenvalue weighted by Crippen LogP contribution is -1.99. The summed E-state index contributed by atoms with van der Waals surface area (Å²) in [5.74, 6) is 1.72. The van der Waals surface area contributed by atoms with E-state index in [1.54, 1.807) is 18.2 Å². The predicted molar refractivity (Wildman–Crippen MR) is 56.7 cm³/mol. The number of hydrogen-bond acceptors (Lipinski definition) is 4. The fourth-order valence-electron chi connectivity index (χ4n) is 1.30. The molecular weight excluding hydrogens is 192 g/mol. The van der Waals surface area contributed by atoms with Gasteiger partial charge in [-0.05, 0) is 13.0 Å². The Morgan fingerprint density at radius 2 is 2.20 bits per heavy atom. The minimum atomic E-state index is 0.283. The molecule has 0 radical (unpaired) electrons. The molecule has 2 N–H and O–H groups in total. The maximum absolute atomic E-state index is 9.51. The smallest absolute Gasteiger partial charge is 0.169 e. The van der Waals surface area contributed by atoms with Gasteiger partial charge < -0.3 is 14.9 Å². The normalized spacial score (nSPS) is 10.2. The predicted octanol–water partition coefficient (Wildman–Crippen LogP) is 2.30. The molecule has 1 heterocycles. The molecular formula is C11H12N2O2. The molecule has 0 aliphatic heterocycles. The zero-order valence-corrected chi connectivity index (χ0v) is 8.40. The van der Waals surface area contributed by atoms with Crippen LogP contribution in [0.3, 0.4) is 0 Å². The molecule has 0 bridgehead atoms. The van der Waals surface area contributed by atoms with Crippen LogP contribution < -0.4 is 5.32 Å². The second-order valence-corrected chi connectivity index (χ2v) is 3.31. The number of hydrogen-bond donors (Lipinski definition) is 2. The van der Waals surface area contributed by atoms with Crippen LogP contribution in [0, 0.1) is 6.92 Å². The van der Waals surface area contributed by atoms with E-state index in [1.807, 2.05) is 19.1 Å². The third-order valence-corrected chi connectivity index (χ3v) is 2.08. The average Bonchev–Trinajstić information content (AvgIpc) is 2.63. The molecule has 2 aromatic rings. The summed E-state index contributed by atoms with van der Waals surface area (Å²) in [6.07, 6.45) is 0. The summed E-state index contributed by atoms with van der Waals surface area (Å²) in [5, 5.41) is 16.4. The molecule has 4 nitrogen and oxygen atoms in total. The summed E-state index contributed by atoms with van der Waals surface area (Å²) in [4.78, 5) is 0. The molecule has 2 rings (SSSR count). The largest absolute Gasteiger partial charge is 0.508 e. The summed E-state index contributed by atoms with van der Waals surface area (Å²) in [7, 11) is 0. The van der Waals surface area contributed by atoms with Gasteiger partial charge in [0.05, 0.1) is 0 Å². The lowest BCUT2D eigenvalue weighted by atomic mass is 10.2. The molecule has 0 atom stereocenters. The number of anilines is 1. The molecule has 15 heavy (non-hydrogen) atoms. The lowest BCUT2D eigenvalue weighted by molar-refractivity contribution is 0.399. The van der Waals surface area contributed by atoms with Crippen LogP contribution in [0.4, 0.5) is 5.82 Å². The Morgan fingerprint density at radius 1 is 1.40 bits per heavy atom. The first-order chi connectivity index (χ1) is 7.25. The summed E-state index contributed by atoms with van der Waals surface area (Å²) in [6.45, 7) is 2.36. The van der Waals surface area contributed by atoms with Gasteiger partial charge in [-0.1, -0.05) is 23.4 Å². The van der Waals surface area contributed by atoms with Gasteiger partial charge in [-0.3, -0.25) is 0 Å². The van der Waals surface area contributed by atoms with Crippen molar-refractivity contribution in [3.8, 4) is 5.75 Å². The minimum Gasteiger partial charge on any atom is -0.508 e. The third-order valence-electron chi connectivity index (χ3n) is 2.08. The number of nitrogens with one attached hydrogen (secondary N) is 1. The number of phenolic OH excluding ortho intramolecular Hbond substituents is 1. The van der Waals surface area contributed by atoms with Crippen LogP contribution in [0.25, 0.3) is 0 Å². The summed E-state index contributed by atoms with van der Waals surface area (Å²) >= 11 is 0. The third kappa shape index (κ3) is 2.28. The van der Waals surface area contributed by atoms with E-state index in [2.05, 4.69) is 10.5 Å². The molecule has 1 aromatic heterocycles. The van der Waals surface area contributed by atoms with E-state index in [1.165, 1.54) is 0 Å². The number of aryl methyl sites for hydroxylation is 1. The summed E-state index contributed by atoms with van der Waals surface area (Å²) in [5.41, 5.74) is 0.832. The molecule has 1 aromatic carbocycles. The zero-order valence-electron chi connectivity index (χ0n) is 8.40. The molecule has 0 unspecified atom stereocenters. The number of aromatic hydroxyl groups is 1. The van der Waals surface area contributed by atoms with Gasteiger partial charge in [-0.25, -0.2) is 0 Å². The molecule has 78 valence electrons. The van der Waals surface area contributed by atoms with Crippen molar-refractivity contribution in [2.24, 2.45) is 0 Å². The molecule has 0 fully saturated rings. The number of phenols is 1. The second kappa shape index (κ2) is 4.04. The Hall–Kier alpha value is -1.97. The van der Waals surface area contributed by atoms with E-state index in [0.29, 0.717) is 12.4 Å². The van der Waals surface area contributed by atoms with Gasteiger partial charge in [-0.15, -0.1) is 0 Å². The SMILES string of the molecule is Cc1cc(NCc2ccccc2O)no1. The minimum absolute atomic E-state index is 0.283. The van der Waals surface area contributed by atoms with Crippen molar-refractivity contribution in [2.75, 3.05) is 5.32 Å². The van der Waals surface area contributed by atoms with E-state index >= 15 is 0 Å². The topological polar surface area (TPSA) is 58.3 Å². The fraction of sp³-hybridized carbons (Fsp3) is 0.182. The van der Waals surface area contributed by atoms with Gasteiger partial charge in [0.2, 0.25) is 0 Å². The highest BCUT2D eigenvalue weighted by atomic mass is 16.5. The summed E-state index contributed by atoms with van der Waals surface area (Å²) in [6, 6.07) is 8.99. The van der Waals surface area contributed by atoms with E-state index in [4.69, 9.17) is 4.52 Å². The van der Waals surface area contributed by atoms with Crippen molar-refractivity contribution >= 4 is 5.82 Å². The first-order valence-electron chi connectivity index (χ1n) is 4.70. The highest BCUT2D eigenvalue weighted by molar-refractivity contribution is 5.38. The van der Waals surface area contributed by atoms with E-state index in [0.717, 1.165) is 11.3 Å². The molecule has 4 heteroatoms. The van der Waals surface area contributed by atoms with Crippen molar-refractivity contribution < 1.29 is 9.63 Å². The number of nitrogens with zero attached hydrogens (tertiary/aromatic N) is 1. The van der Waals surface area contributed by atoms with Crippen molar-refractivity contribution in [1.29, 1.82) is 0 Å². The van der Waals surface area contributed by atoms with Crippen LogP contribution in [0.1, 0.15) is 11.3 Å². The quantitative estimate of drug-likeness (QED) is 0.805. The second-order valence-electron chi connectivity index (χ2n) is 3.31. The standard InChI is InChI=1S/C11H12N2O2/c1-8-6-11(13-15-8)12-7-9-4-2-3-5-10(9)14/h2-6,14H,7H2,1H3,(H,12,13). The van der Waals surface area contributed by atoms with Crippen molar-refractivity contribution in [3.05, 3.63) is 41.7 Å². The van der Waals surface area contributed by atoms with E-state index < -0.39 is 0 Å². The molecule has 0 aliphatic carbocycles. The van der Waals surface area contributed by atoms with Gasteiger partial charge in [-0.2, -0.15) is 0 Å². The first-order valence-corrected chi connectivity index (χ1v) is 4.70. The lowest BCUT2D eigenvalue weighted by Gasteiger charge is -2.04. The van der Waals surface area contributed by atoms with Crippen LogP contribution >= 0.6 is 0 Å². The number of para-hydroxylation sites is 1.